The van der Waals surface area contributed by atoms with Crippen LogP contribution in [0.4, 0.5) is 0 Å². The zero-order valence-electron chi connectivity index (χ0n) is 11.7. The largest absolute Gasteiger partial charge is 0.468 e. The quantitative estimate of drug-likeness (QED) is 0.725. The van der Waals surface area contributed by atoms with Crippen LogP contribution in [0.1, 0.15) is 32.1 Å². The van der Waals surface area contributed by atoms with E-state index in [-0.39, 0.29) is 12.0 Å². The molecule has 4 heteroatoms. The van der Waals surface area contributed by atoms with Crippen LogP contribution in [0.2, 0.25) is 0 Å². The summed E-state index contributed by atoms with van der Waals surface area (Å²) in [6, 6.07) is -0.0544. The monoisotopic (exact) mass is 254 g/mol. The van der Waals surface area contributed by atoms with E-state index in [1.165, 1.54) is 52.3 Å². The van der Waals surface area contributed by atoms with Crippen molar-refractivity contribution < 1.29 is 9.53 Å². The zero-order chi connectivity index (χ0) is 13.0. The van der Waals surface area contributed by atoms with Gasteiger partial charge in [0.25, 0.3) is 0 Å². The fourth-order valence-electron chi connectivity index (χ4n) is 2.79. The molecule has 0 bridgehead atoms. The lowest BCUT2D eigenvalue weighted by Crippen LogP contribution is -2.41. The van der Waals surface area contributed by atoms with Gasteiger partial charge in [0.15, 0.2) is 0 Å². The molecule has 1 saturated heterocycles. The van der Waals surface area contributed by atoms with E-state index in [0.717, 1.165) is 12.5 Å². The molecule has 0 amide bonds. The number of carbonyl (C=O) groups excluding carboxylic acids is 1. The lowest BCUT2D eigenvalue weighted by atomic mass is 9.94. The minimum atomic E-state index is -0.0825. The maximum absolute atomic E-state index is 11.6. The van der Waals surface area contributed by atoms with Crippen molar-refractivity contribution in [1.82, 2.24) is 10.2 Å². The molecule has 18 heavy (non-hydrogen) atoms. The third-order valence-electron chi connectivity index (χ3n) is 4.30. The SMILES string of the molecule is COC(=O)C(NCCC1CCN(C)CC1)C1CC1. The first-order valence-electron chi connectivity index (χ1n) is 7.20. The molecule has 1 aliphatic heterocycles. The number of ether oxygens (including phenoxy) is 1. The molecule has 0 radical (unpaired) electrons. The smallest absolute Gasteiger partial charge is 0.323 e. The summed E-state index contributed by atoms with van der Waals surface area (Å²) in [4.78, 5) is 14.0. The summed E-state index contributed by atoms with van der Waals surface area (Å²) in [5.74, 6) is 1.27. The molecule has 2 aliphatic rings. The number of methoxy groups -OCH3 is 1. The molecular weight excluding hydrogens is 228 g/mol. The summed E-state index contributed by atoms with van der Waals surface area (Å²) in [5.41, 5.74) is 0. The van der Waals surface area contributed by atoms with Gasteiger partial charge in [-0.2, -0.15) is 0 Å². The van der Waals surface area contributed by atoms with Crippen molar-refractivity contribution in [2.24, 2.45) is 11.8 Å². The lowest BCUT2D eigenvalue weighted by molar-refractivity contribution is -0.143. The normalized spacial score (nSPS) is 23.9. The van der Waals surface area contributed by atoms with Crippen molar-refractivity contribution in [3.8, 4) is 0 Å². The van der Waals surface area contributed by atoms with Gasteiger partial charge in [0.2, 0.25) is 0 Å². The summed E-state index contributed by atoms with van der Waals surface area (Å²) in [6.07, 6.45) is 6.12. The van der Waals surface area contributed by atoms with E-state index in [0.29, 0.717) is 5.92 Å². The number of nitrogens with one attached hydrogen (secondary N) is 1. The van der Waals surface area contributed by atoms with Crippen molar-refractivity contribution in [1.29, 1.82) is 0 Å². The molecule has 104 valence electrons. The van der Waals surface area contributed by atoms with Crippen LogP contribution in [-0.4, -0.2) is 50.7 Å². The third-order valence-corrected chi connectivity index (χ3v) is 4.30. The summed E-state index contributed by atoms with van der Waals surface area (Å²) < 4.78 is 4.86. The summed E-state index contributed by atoms with van der Waals surface area (Å²) in [7, 11) is 3.67. The van der Waals surface area contributed by atoms with Crippen molar-refractivity contribution in [2.45, 2.75) is 38.1 Å². The van der Waals surface area contributed by atoms with Crippen LogP contribution in [0.3, 0.4) is 0 Å². The van der Waals surface area contributed by atoms with Gasteiger partial charge in [-0.15, -0.1) is 0 Å². The highest BCUT2D eigenvalue weighted by Crippen LogP contribution is 2.33. The minimum Gasteiger partial charge on any atom is -0.468 e. The Hall–Kier alpha value is -0.610. The molecule has 2 fully saturated rings. The molecule has 1 unspecified atom stereocenters. The molecule has 4 nitrogen and oxygen atoms in total. The first-order valence-corrected chi connectivity index (χ1v) is 7.20. The Kier molecular flexibility index (Phi) is 5.01. The van der Waals surface area contributed by atoms with Crippen LogP contribution in [-0.2, 0) is 9.53 Å². The average Bonchev–Trinajstić information content (AvgIpc) is 3.20. The van der Waals surface area contributed by atoms with E-state index in [2.05, 4.69) is 17.3 Å². The van der Waals surface area contributed by atoms with Gasteiger partial charge in [0, 0.05) is 0 Å². The van der Waals surface area contributed by atoms with E-state index >= 15 is 0 Å². The topological polar surface area (TPSA) is 41.6 Å². The Morgan fingerprint density at radius 1 is 1.33 bits per heavy atom. The third kappa shape index (κ3) is 3.95. The van der Waals surface area contributed by atoms with Crippen LogP contribution in [0.25, 0.3) is 0 Å². The molecule has 1 atom stereocenters. The number of hydrogen-bond acceptors (Lipinski definition) is 4. The fraction of sp³-hybridized carbons (Fsp3) is 0.929. The van der Waals surface area contributed by atoms with Gasteiger partial charge < -0.3 is 15.0 Å². The maximum atomic E-state index is 11.6. The van der Waals surface area contributed by atoms with Gasteiger partial charge in [0.05, 0.1) is 7.11 Å². The van der Waals surface area contributed by atoms with Gasteiger partial charge in [-0.25, -0.2) is 0 Å². The second-order valence-electron chi connectivity index (χ2n) is 5.83. The van der Waals surface area contributed by atoms with Gasteiger partial charge >= 0.3 is 5.97 Å². The van der Waals surface area contributed by atoms with E-state index in [1.807, 2.05) is 0 Å². The van der Waals surface area contributed by atoms with Gasteiger partial charge in [0.1, 0.15) is 6.04 Å². The van der Waals surface area contributed by atoms with Gasteiger partial charge in [-0.3, -0.25) is 4.79 Å². The molecule has 1 saturated carbocycles. The summed E-state index contributed by atoms with van der Waals surface area (Å²) in [6.45, 7) is 3.38. The molecule has 0 spiro atoms. The number of piperidine rings is 1. The van der Waals surface area contributed by atoms with Crippen LogP contribution in [0, 0.1) is 11.8 Å². The average molecular weight is 254 g/mol. The maximum Gasteiger partial charge on any atom is 0.323 e. The first kappa shape index (κ1) is 13.8. The predicted molar refractivity (Wildman–Crippen MR) is 71.4 cm³/mol. The minimum absolute atomic E-state index is 0.0544. The Bertz CT molecular complexity index is 271. The van der Waals surface area contributed by atoms with Crippen LogP contribution >= 0.6 is 0 Å². The number of hydrogen-bond donors (Lipinski definition) is 1. The number of rotatable bonds is 6. The van der Waals surface area contributed by atoms with E-state index in [9.17, 15) is 4.79 Å². The Morgan fingerprint density at radius 2 is 2.00 bits per heavy atom. The highest BCUT2D eigenvalue weighted by Gasteiger charge is 2.36. The van der Waals surface area contributed by atoms with Crippen LogP contribution in [0.15, 0.2) is 0 Å². The second-order valence-corrected chi connectivity index (χ2v) is 5.83. The standard InChI is InChI=1S/C14H26N2O2/c1-16-9-6-11(7-10-16)5-8-15-13(12-3-4-12)14(17)18-2/h11-13,15H,3-10H2,1-2H3. The molecule has 1 heterocycles. The molecule has 2 rings (SSSR count). The van der Waals surface area contributed by atoms with E-state index < -0.39 is 0 Å². The summed E-state index contributed by atoms with van der Waals surface area (Å²) >= 11 is 0. The highest BCUT2D eigenvalue weighted by atomic mass is 16.5. The number of esters is 1. The zero-order valence-corrected chi connectivity index (χ0v) is 11.7. The Morgan fingerprint density at radius 3 is 2.56 bits per heavy atom. The van der Waals surface area contributed by atoms with Crippen molar-refractivity contribution in [3.05, 3.63) is 0 Å². The Labute approximate surface area is 110 Å². The Balaban J connectivity index is 1.65. The molecular formula is C14H26N2O2. The van der Waals surface area contributed by atoms with E-state index in [1.54, 1.807) is 0 Å². The number of carbonyl (C=O) groups is 1. The molecule has 0 aromatic rings. The molecule has 1 N–H and O–H groups in total. The molecule has 0 aromatic carbocycles. The van der Waals surface area contributed by atoms with Gasteiger partial charge in [-0.05, 0) is 70.6 Å². The first-order chi connectivity index (χ1) is 8.70. The molecule has 1 aliphatic carbocycles. The lowest BCUT2D eigenvalue weighted by Gasteiger charge is -2.29. The van der Waals surface area contributed by atoms with Crippen LogP contribution in [0.5, 0.6) is 0 Å². The van der Waals surface area contributed by atoms with Crippen LogP contribution < -0.4 is 5.32 Å². The number of likely N-dealkylation sites (tertiary alicyclic amines) is 1. The van der Waals surface area contributed by atoms with Crippen molar-refractivity contribution in [3.63, 3.8) is 0 Å². The summed E-state index contributed by atoms with van der Waals surface area (Å²) in [5, 5.41) is 3.40. The second kappa shape index (κ2) is 6.53. The predicted octanol–water partition coefficient (Wildman–Crippen LogP) is 1.26. The molecule has 0 aromatic heterocycles. The highest BCUT2D eigenvalue weighted by molar-refractivity contribution is 5.76. The van der Waals surface area contributed by atoms with Gasteiger partial charge in [-0.1, -0.05) is 0 Å². The van der Waals surface area contributed by atoms with E-state index in [4.69, 9.17) is 4.74 Å². The van der Waals surface area contributed by atoms with Crippen molar-refractivity contribution >= 4 is 5.97 Å². The number of nitrogens with zero attached hydrogens (tertiary/aromatic N) is 1. The van der Waals surface area contributed by atoms with Crippen molar-refractivity contribution in [2.75, 3.05) is 33.8 Å². The fourth-order valence-corrected chi connectivity index (χ4v) is 2.79.